The first-order valence-corrected chi connectivity index (χ1v) is 8.03. The van der Waals surface area contributed by atoms with Gasteiger partial charge in [0.25, 0.3) is 5.91 Å². The molecule has 0 saturated carbocycles. The lowest BCUT2D eigenvalue weighted by Gasteiger charge is -2.33. The zero-order valence-electron chi connectivity index (χ0n) is 13.0. The van der Waals surface area contributed by atoms with E-state index in [9.17, 15) is 9.18 Å². The SMILES string of the molecule is CN1CCC[C@H]1[C@H]1CCCN1C(=O)COc1cccc(F)c1. The molecule has 4 nitrogen and oxygen atoms in total. The van der Waals surface area contributed by atoms with Crippen LogP contribution in [0.2, 0.25) is 0 Å². The number of hydrogen-bond donors (Lipinski definition) is 0. The van der Waals surface area contributed by atoms with Gasteiger partial charge in [0.2, 0.25) is 0 Å². The third kappa shape index (κ3) is 3.24. The Morgan fingerprint density at radius 1 is 1.27 bits per heavy atom. The van der Waals surface area contributed by atoms with Crippen LogP contribution in [0.5, 0.6) is 5.75 Å². The largest absolute Gasteiger partial charge is 0.484 e. The highest BCUT2D eigenvalue weighted by Crippen LogP contribution is 2.29. The predicted octanol–water partition coefficient (Wildman–Crippen LogP) is 2.29. The molecular weight excluding hydrogens is 283 g/mol. The van der Waals surface area contributed by atoms with Gasteiger partial charge in [-0.15, -0.1) is 0 Å². The number of likely N-dealkylation sites (tertiary alicyclic amines) is 2. The highest BCUT2D eigenvalue weighted by molar-refractivity contribution is 5.78. The zero-order valence-corrected chi connectivity index (χ0v) is 13.0. The summed E-state index contributed by atoms with van der Waals surface area (Å²) in [6.07, 6.45) is 4.50. The van der Waals surface area contributed by atoms with Crippen LogP contribution in [-0.4, -0.2) is 54.5 Å². The summed E-state index contributed by atoms with van der Waals surface area (Å²) in [6, 6.07) is 6.70. The van der Waals surface area contributed by atoms with E-state index >= 15 is 0 Å². The molecule has 1 aromatic rings. The van der Waals surface area contributed by atoms with Gasteiger partial charge in [-0.25, -0.2) is 4.39 Å². The first-order chi connectivity index (χ1) is 10.6. The Kier molecular flexibility index (Phi) is 4.62. The summed E-state index contributed by atoms with van der Waals surface area (Å²) in [5, 5.41) is 0. The van der Waals surface area contributed by atoms with E-state index in [1.807, 2.05) is 4.90 Å². The molecule has 0 aliphatic carbocycles. The Bertz CT molecular complexity index is 537. The van der Waals surface area contributed by atoms with Crippen LogP contribution in [-0.2, 0) is 4.79 Å². The van der Waals surface area contributed by atoms with Crippen LogP contribution in [0.3, 0.4) is 0 Å². The summed E-state index contributed by atoms with van der Waals surface area (Å²) in [7, 11) is 2.14. The molecule has 22 heavy (non-hydrogen) atoms. The molecule has 0 unspecified atom stereocenters. The van der Waals surface area contributed by atoms with Crippen molar-refractivity contribution in [1.82, 2.24) is 9.80 Å². The van der Waals surface area contributed by atoms with Crippen molar-refractivity contribution < 1.29 is 13.9 Å². The molecule has 0 bridgehead atoms. The Labute approximate surface area is 130 Å². The second-order valence-electron chi connectivity index (χ2n) is 6.23. The van der Waals surface area contributed by atoms with Crippen molar-refractivity contribution in [3.63, 3.8) is 0 Å². The highest BCUT2D eigenvalue weighted by Gasteiger charge is 2.38. The van der Waals surface area contributed by atoms with Gasteiger partial charge in [0.05, 0.1) is 0 Å². The third-order valence-corrected chi connectivity index (χ3v) is 4.80. The van der Waals surface area contributed by atoms with Crippen LogP contribution in [0.15, 0.2) is 24.3 Å². The predicted molar refractivity (Wildman–Crippen MR) is 82.3 cm³/mol. The smallest absolute Gasteiger partial charge is 0.260 e. The average molecular weight is 306 g/mol. The second-order valence-corrected chi connectivity index (χ2v) is 6.23. The molecule has 0 spiro atoms. The fraction of sp³-hybridized carbons (Fsp3) is 0.588. The highest BCUT2D eigenvalue weighted by atomic mass is 19.1. The Morgan fingerprint density at radius 3 is 2.77 bits per heavy atom. The molecule has 0 aromatic heterocycles. The van der Waals surface area contributed by atoms with E-state index in [1.165, 1.54) is 18.6 Å². The fourth-order valence-corrected chi connectivity index (χ4v) is 3.71. The molecule has 120 valence electrons. The number of nitrogens with zero attached hydrogens (tertiary/aromatic N) is 2. The lowest BCUT2D eigenvalue weighted by atomic mass is 10.0. The maximum Gasteiger partial charge on any atom is 0.260 e. The summed E-state index contributed by atoms with van der Waals surface area (Å²) >= 11 is 0. The first-order valence-electron chi connectivity index (χ1n) is 8.03. The third-order valence-electron chi connectivity index (χ3n) is 4.80. The summed E-state index contributed by atoms with van der Waals surface area (Å²) in [6.45, 7) is 1.90. The Hall–Kier alpha value is -1.62. The topological polar surface area (TPSA) is 32.8 Å². The van der Waals surface area contributed by atoms with Gasteiger partial charge in [-0.05, 0) is 51.4 Å². The Balaban J connectivity index is 1.59. The standard InChI is InChI=1S/C17H23FN2O2/c1-19-9-3-7-15(19)16-8-4-10-20(16)17(21)12-22-14-6-2-5-13(18)11-14/h2,5-6,11,15-16H,3-4,7-10,12H2,1H3/t15-,16+/m0/s1. The van der Waals surface area contributed by atoms with E-state index in [0.717, 1.165) is 32.4 Å². The average Bonchev–Trinajstić information content (AvgIpc) is 3.13. The normalized spacial score (nSPS) is 25.6. The van der Waals surface area contributed by atoms with Gasteiger partial charge in [-0.3, -0.25) is 4.79 Å². The monoisotopic (exact) mass is 306 g/mol. The van der Waals surface area contributed by atoms with Crippen molar-refractivity contribution in [3.05, 3.63) is 30.1 Å². The number of likely N-dealkylation sites (N-methyl/N-ethyl adjacent to an activating group) is 1. The van der Waals surface area contributed by atoms with Crippen molar-refractivity contribution in [2.24, 2.45) is 0 Å². The van der Waals surface area contributed by atoms with Gasteiger partial charge in [0, 0.05) is 24.7 Å². The molecule has 2 saturated heterocycles. The molecule has 2 atom stereocenters. The molecular formula is C17H23FN2O2. The number of carbonyl (C=O) groups excluding carboxylic acids is 1. The number of ether oxygens (including phenoxy) is 1. The number of carbonyl (C=O) groups is 1. The van der Waals surface area contributed by atoms with E-state index in [0.29, 0.717) is 17.8 Å². The van der Waals surface area contributed by atoms with Gasteiger partial charge < -0.3 is 14.5 Å². The van der Waals surface area contributed by atoms with Crippen molar-refractivity contribution >= 4 is 5.91 Å². The molecule has 2 fully saturated rings. The lowest BCUT2D eigenvalue weighted by Crippen LogP contribution is -2.48. The van der Waals surface area contributed by atoms with E-state index in [-0.39, 0.29) is 18.3 Å². The summed E-state index contributed by atoms with van der Waals surface area (Å²) < 4.78 is 18.6. The van der Waals surface area contributed by atoms with E-state index in [4.69, 9.17) is 4.74 Å². The molecule has 2 aliphatic rings. The summed E-state index contributed by atoms with van der Waals surface area (Å²) in [5.74, 6) is 0.0609. The van der Waals surface area contributed by atoms with Crippen LogP contribution < -0.4 is 4.74 Å². The second kappa shape index (κ2) is 6.65. The first kappa shape index (κ1) is 15.3. The van der Waals surface area contributed by atoms with Crippen LogP contribution in [0.4, 0.5) is 4.39 Å². The van der Waals surface area contributed by atoms with Crippen LogP contribution >= 0.6 is 0 Å². The Morgan fingerprint density at radius 2 is 2.05 bits per heavy atom. The van der Waals surface area contributed by atoms with E-state index in [2.05, 4.69) is 11.9 Å². The number of benzene rings is 1. The zero-order chi connectivity index (χ0) is 15.5. The molecule has 1 amide bonds. The van der Waals surface area contributed by atoms with E-state index in [1.54, 1.807) is 12.1 Å². The maximum absolute atomic E-state index is 13.1. The van der Waals surface area contributed by atoms with Gasteiger partial charge in [-0.2, -0.15) is 0 Å². The quantitative estimate of drug-likeness (QED) is 0.855. The number of hydrogen-bond acceptors (Lipinski definition) is 3. The minimum absolute atomic E-state index is 0.00654. The van der Waals surface area contributed by atoms with Crippen molar-refractivity contribution in [3.8, 4) is 5.75 Å². The fourth-order valence-electron chi connectivity index (χ4n) is 3.71. The molecule has 0 radical (unpaired) electrons. The van der Waals surface area contributed by atoms with Crippen molar-refractivity contribution in [1.29, 1.82) is 0 Å². The molecule has 2 heterocycles. The van der Waals surface area contributed by atoms with Crippen LogP contribution in [0.1, 0.15) is 25.7 Å². The van der Waals surface area contributed by atoms with Crippen LogP contribution in [0.25, 0.3) is 0 Å². The van der Waals surface area contributed by atoms with Gasteiger partial charge in [-0.1, -0.05) is 6.07 Å². The minimum Gasteiger partial charge on any atom is -0.484 e. The summed E-state index contributed by atoms with van der Waals surface area (Å²) in [5.41, 5.74) is 0. The molecule has 5 heteroatoms. The van der Waals surface area contributed by atoms with Gasteiger partial charge in [0.1, 0.15) is 11.6 Å². The van der Waals surface area contributed by atoms with Gasteiger partial charge in [0.15, 0.2) is 6.61 Å². The maximum atomic E-state index is 13.1. The van der Waals surface area contributed by atoms with E-state index < -0.39 is 0 Å². The van der Waals surface area contributed by atoms with Gasteiger partial charge >= 0.3 is 0 Å². The van der Waals surface area contributed by atoms with Crippen LogP contribution in [0, 0.1) is 5.82 Å². The van der Waals surface area contributed by atoms with Crippen molar-refractivity contribution in [2.45, 2.75) is 37.8 Å². The molecule has 2 aliphatic heterocycles. The van der Waals surface area contributed by atoms with Crippen molar-refractivity contribution in [2.75, 3.05) is 26.7 Å². The molecule has 0 N–H and O–H groups in total. The number of rotatable bonds is 4. The summed E-state index contributed by atoms with van der Waals surface area (Å²) in [4.78, 5) is 16.8. The number of amides is 1. The molecule has 1 aromatic carbocycles. The molecule has 3 rings (SSSR count). The minimum atomic E-state index is -0.350. The lowest BCUT2D eigenvalue weighted by molar-refractivity contribution is -0.135. The number of halogens is 1.